The highest BCUT2D eigenvalue weighted by molar-refractivity contribution is 6.30. The summed E-state index contributed by atoms with van der Waals surface area (Å²) in [7, 11) is 0. The molecular formula is C14H20ClFN2O. The van der Waals surface area contributed by atoms with Gasteiger partial charge in [0.1, 0.15) is 5.82 Å². The number of hydrogen-bond donors (Lipinski definition) is 2. The van der Waals surface area contributed by atoms with Crippen molar-refractivity contribution in [3.8, 4) is 0 Å². The van der Waals surface area contributed by atoms with Crippen LogP contribution in [0.25, 0.3) is 0 Å². The van der Waals surface area contributed by atoms with Gasteiger partial charge in [0.25, 0.3) is 0 Å². The van der Waals surface area contributed by atoms with E-state index >= 15 is 0 Å². The van der Waals surface area contributed by atoms with Crippen molar-refractivity contribution >= 4 is 23.2 Å². The topological polar surface area (TPSA) is 55.1 Å². The molecule has 0 saturated heterocycles. The van der Waals surface area contributed by atoms with Crippen LogP contribution in [0, 0.1) is 11.7 Å². The second kappa shape index (κ2) is 7.46. The van der Waals surface area contributed by atoms with Crippen molar-refractivity contribution in [1.29, 1.82) is 0 Å². The molecule has 1 aromatic carbocycles. The molecule has 0 bridgehead atoms. The number of benzene rings is 1. The van der Waals surface area contributed by atoms with Gasteiger partial charge in [-0.25, -0.2) is 4.39 Å². The molecule has 1 aromatic rings. The molecule has 0 aromatic heterocycles. The Kier molecular flexibility index (Phi) is 6.25. The van der Waals surface area contributed by atoms with Crippen LogP contribution in [-0.2, 0) is 4.79 Å². The summed E-state index contributed by atoms with van der Waals surface area (Å²) in [6.07, 6.45) is 2.50. The molecule has 0 fully saturated rings. The third-order valence-electron chi connectivity index (χ3n) is 2.93. The maximum atomic E-state index is 13.5. The van der Waals surface area contributed by atoms with Gasteiger partial charge in [-0.1, -0.05) is 24.9 Å². The van der Waals surface area contributed by atoms with Gasteiger partial charge in [-0.15, -0.1) is 0 Å². The lowest BCUT2D eigenvalue weighted by Gasteiger charge is -2.13. The van der Waals surface area contributed by atoms with Gasteiger partial charge in [0, 0.05) is 17.0 Å². The normalized spacial score (nSPS) is 13.9. The maximum Gasteiger partial charge on any atom is 0.227 e. The first-order valence-corrected chi connectivity index (χ1v) is 6.79. The molecule has 0 spiro atoms. The van der Waals surface area contributed by atoms with Crippen LogP contribution in [0.3, 0.4) is 0 Å². The molecule has 5 heteroatoms. The molecular weight excluding hydrogens is 267 g/mol. The van der Waals surface area contributed by atoms with Crippen LogP contribution in [0.2, 0.25) is 5.02 Å². The van der Waals surface area contributed by atoms with Crippen molar-refractivity contribution in [1.82, 2.24) is 0 Å². The number of rotatable bonds is 6. The summed E-state index contributed by atoms with van der Waals surface area (Å²) in [5.41, 5.74) is 5.81. The zero-order valence-corrected chi connectivity index (χ0v) is 12.0. The molecule has 0 radical (unpaired) electrons. The standard InChI is InChI=1S/C14H20ClFN2O/c1-9(4-3-5-10(2)17)14(19)18-13-7-6-11(15)8-12(13)16/h6-10H,3-5,17H2,1-2H3,(H,18,19). The predicted molar refractivity (Wildman–Crippen MR) is 76.7 cm³/mol. The molecule has 0 heterocycles. The van der Waals surface area contributed by atoms with E-state index in [4.69, 9.17) is 17.3 Å². The quantitative estimate of drug-likeness (QED) is 0.840. The van der Waals surface area contributed by atoms with E-state index in [1.807, 2.05) is 13.8 Å². The Bertz CT molecular complexity index is 437. The molecule has 1 amide bonds. The molecule has 3 nitrogen and oxygen atoms in total. The maximum absolute atomic E-state index is 13.5. The summed E-state index contributed by atoms with van der Waals surface area (Å²) in [6, 6.07) is 4.33. The van der Waals surface area contributed by atoms with Crippen LogP contribution < -0.4 is 11.1 Å². The molecule has 2 unspecified atom stereocenters. The molecule has 0 aliphatic carbocycles. The second-order valence-corrected chi connectivity index (χ2v) is 5.36. The van der Waals surface area contributed by atoms with Gasteiger partial charge in [-0.2, -0.15) is 0 Å². The first kappa shape index (κ1) is 15.9. The van der Waals surface area contributed by atoms with Crippen molar-refractivity contribution in [2.45, 2.75) is 39.2 Å². The summed E-state index contributed by atoms with van der Waals surface area (Å²) in [5, 5.41) is 2.88. The predicted octanol–water partition coefficient (Wildman–Crippen LogP) is 3.57. The Labute approximate surface area is 118 Å². The van der Waals surface area contributed by atoms with Crippen molar-refractivity contribution < 1.29 is 9.18 Å². The number of nitrogens with one attached hydrogen (secondary N) is 1. The van der Waals surface area contributed by atoms with E-state index in [0.29, 0.717) is 5.02 Å². The van der Waals surface area contributed by atoms with E-state index in [0.717, 1.165) is 19.3 Å². The summed E-state index contributed by atoms with van der Waals surface area (Å²) in [4.78, 5) is 11.9. The van der Waals surface area contributed by atoms with Gasteiger partial charge in [0.05, 0.1) is 5.69 Å². The molecule has 1 rings (SSSR count). The van der Waals surface area contributed by atoms with E-state index in [-0.39, 0.29) is 23.6 Å². The van der Waals surface area contributed by atoms with Gasteiger partial charge in [-0.05, 0) is 38.0 Å². The Balaban J connectivity index is 2.49. The third-order valence-corrected chi connectivity index (χ3v) is 3.17. The number of anilines is 1. The molecule has 19 heavy (non-hydrogen) atoms. The van der Waals surface area contributed by atoms with Gasteiger partial charge in [-0.3, -0.25) is 4.79 Å². The Morgan fingerprint density at radius 1 is 1.42 bits per heavy atom. The van der Waals surface area contributed by atoms with E-state index in [9.17, 15) is 9.18 Å². The monoisotopic (exact) mass is 286 g/mol. The van der Waals surface area contributed by atoms with E-state index in [1.54, 1.807) is 6.07 Å². The Morgan fingerprint density at radius 2 is 2.11 bits per heavy atom. The minimum absolute atomic E-state index is 0.143. The zero-order chi connectivity index (χ0) is 14.4. The number of nitrogens with two attached hydrogens (primary N) is 1. The van der Waals surface area contributed by atoms with E-state index in [2.05, 4.69) is 5.32 Å². The molecule has 2 atom stereocenters. The fraction of sp³-hybridized carbons (Fsp3) is 0.500. The van der Waals surface area contributed by atoms with Gasteiger partial charge in [0.2, 0.25) is 5.91 Å². The molecule has 0 saturated carbocycles. The van der Waals surface area contributed by atoms with Gasteiger partial charge < -0.3 is 11.1 Å². The third kappa shape index (κ3) is 5.57. The molecule has 106 valence electrons. The smallest absolute Gasteiger partial charge is 0.227 e. The zero-order valence-electron chi connectivity index (χ0n) is 11.2. The highest BCUT2D eigenvalue weighted by Gasteiger charge is 2.14. The largest absolute Gasteiger partial charge is 0.328 e. The summed E-state index contributed by atoms with van der Waals surface area (Å²) in [5.74, 6) is -0.886. The number of carbonyl (C=O) groups is 1. The van der Waals surface area contributed by atoms with Gasteiger partial charge in [0.15, 0.2) is 0 Å². The lowest BCUT2D eigenvalue weighted by Crippen LogP contribution is -2.22. The van der Waals surface area contributed by atoms with Crippen LogP contribution in [0.15, 0.2) is 18.2 Å². The van der Waals surface area contributed by atoms with Crippen LogP contribution >= 0.6 is 11.6 Å². The van der Waals surface area contributed by atoms with Gasteiger partial charge >= 0.3 is 0 Å². The fourth-order valence-corrected chi connectivity index (χ4v) is 1.88. The fourth-order valence-electron chi connectivity index (χ4n) is 1.72. The highest BCUT2D eigenvalue weighted by Crippen LogP contribution is 2.20. The lowest BCUT2D eigenvalue weighted by molar-refractivity contribution is -0.119. The van der Waals surface area contributed by atoms with Crippen molar-refractivity contribution in [3.63, 3.8) is 0 Å². The number of carbonyl (C=O) groups excluding carboxylic acids is 1. The summed E-state index contributed by atoms with van der Waals surface area (Å²) < 4.78 is 13.5. The van der Waals surface area contributed by atoms with Crippen LogP contribution in [0.1, 0.15) is 33.1 Å². The van der Waals surface area contributed by atoms with Crippen LogP contribution in [0.4, 0.5) is 10.1 Å². The number of hydrogen-bond acceptors (Lipinski definition) is 2. The highest BCUT2D eigenvalue weighted by atomic mass is 35.5. The first-order valence-electron chi connectivity index (χ1n) is 6.41. The Hall–Kier alpha value is -1.13. The number of halogens is 2. The van der Waals surface area contributed by atoms with Crippen LogP contribution in [0.5, 0.6) is 0 Å². The molecule has 3 N–H and O–H groups in total. The lowest BCUT2D eigenvalue weighted by atomic mass is 10.0. The number of amides is 1. The average molecular weight is 287 g/mol. The van der Waals surface area contributed by atoms with Crippen molar-refractivity contribution in [2.24, 2.45) is 11.7 Å². The Morgan fingerprint density at radius 3 is 2.68 bits per heavy atom. The summed E-state index contributed by atoms with van der Waals surface area (Å²) >= 11 is 5.65. The SMILES string of the molecule is CC(N)CCCC(C)C(=O)Nc1ccc(Cl)cc1F. The minimum atomic E-state index is -0.524. The summed E-state index contributed by atoms with van der Waals surface area (Å²) in [6.45, 7) is 3.76. The van der Waals surface area contributed by atoms with Crippen LogP contribution in [-0.4, -0.2) is 11.9 Å². The van der Waals surface area contributed by atoms with Crippen molar-refractivity contribution in [2.75, 3.05) is 5.32 Å². The average Bonchev–Trinajstić information content (AvgIpc) is 2.32. The molecule has 0 aliphatic rings. The first-order chi connectivity index (χ1) is 8.90. The second-order valence-electron chi connectivity index (χ2n) is 4.92. The molecule has 0 aliphatic heterocycles. The van der Waals surface area contributed by atoms with E-state index in [1.165, 1.54) is 12.1 Å². The van der Waals surface area contributed by atoms with Crippen molar-refractivity contribution in [3.05, 3.63) is 29.0 Å². The van der Waals surface area contributed by atoms with E-state index < -0.39 is 5.82 Å². The minimum Gasteiger partial charge on any atom is -0.328 e.